The highest BCUT2D eigenvalue weighted by Crippen LogP contribution is 2.37. The van der Waals surface area contributed by atoms with Crippen LogP contribution in [0.25, 0.3) is 0 Å². The summed E-state index contributed by atoms with van der Waals surface area (Å²) in [5.41, 5.74) is 2.43. The van der Waals surface area contributed by atoms with Crippen molar-refractivity contribution in [3.8, 4) is 17.2 Å². The fourth-order valence-corrected chi connectivity index (χ4v) is 3.76. The summed E-state index contributed by atoms with van der Waals surface area (Å²) < 4.78 is 17.0. The van der Waals surface area contributed by atoms with Gasteiger partial charge in [-0.3, -0.25) is 14.8 Å². The first-order chi connectivity index (χ1) is 13.3. The molecule has 2 aliphatic heterocycles. The Morgan fingerprint density at radius 2 is 1.74 bits per heavy atom. The maximum Gasteiger partial charge on any atom is 0.165 e. The molecule has 0 saturated carbocycles. The van der Waals surface area contributed by atoms with Gasteiger partial charge in [0.15, 0.2) is 11.5 Å². The standard InChI is InChI=1S/C21H27N3O3/c1-25-19-13-21-20(26-10-11-27-21)12-18(19)16-24-7-3-6-23(8-9-24)15-17-4-2-5-22-14-17/h2,4-5,12-14H,3,6-11,15-16H2,1H3. The van der Waals surface area contributed by atoms with Crippen LogP contribution in [0.2, 0.25) is 0 Å². The molecule has 2 aliphatic rings. The minimum atomic E-state index is 0.592. The van der Waals surface area contributed by atoms with Gasteiger partial charge in [0.2, 0.25) is 0 Å². The van der Waals surface area contributed by atoms with Crippen LogP contribution in [0.5, 0.6) is 17.2 Å². The van der Waals surface area contributed by atoms with Crippen LogP contribution >= 0.6 is 0 Å². The van der Waals surface area contributed by atoms with Gasteiger partial charge in [0.1, 0.15) is 19.0 Å². The Morgan fingerprint density at radius 3 is 2.44 bits per heavy atom. The Bertz CT molecular complexity index is 754. The van der Waals surface area contributed by atoms with Gasteiger partial charge in [-0.15, -0.1) is 0 Å². The van der Waals surface area contributed by atoms with E-state index in [1.165, 1.54) is 5.56 Å². The van der Waals surface area contributed by atoms with Crippen molar-refractivity contribution in [2.45, 2.75) is 19.5 Å². The van der Waals surface area contributed by atoms with E-state index >= 15 is 0 Å². The number of hydrogen-bond donors (Lipinski definition) is 0. The fourth-order valence-electron chi connectivity index (χ4n) is 3.76. The number of rotatable bonds is 5. The zero-order valence-corrected chi connectivity index (χ0v) is 15.9. The number of methoxy groups -OCH3 is 1. The van der Waals surface area contributed by atoms with Crippen molar-refractivity contribution in [2.24, 2.45) is 0 Å². The summed E-state index contributed by atoms with van der Waals surface area (Å²) in [6.45, 7) is 7.32. The van der Waals surface area contributed by atoms with Gasteiger partial charge in [-0.05, 0) is 37.2 Å². The summed E-state index contributed by atoms with van der Waals surface area (Å²) in [6, 6.07) is 8.19. The summed E-state index contributed by atoms with van der Waals surface area (Å²) in [5.74, 6) is 2.47. The maximum atomic E-state index is 5.75. The summed E-state index contributed by atoms with van der Waals surface area (Å²) in [5, 5.41) is 0. The average Bonchev–Trinajstić information content (AvgIpc) is 2.93. The number of nitrogens with zero attached hydrogens (tertiary/aromatic N) is 3. The van der Waals surface area contributed by atoms with E-state index in [0.29, 0.717) is 13.2 Å². The highest BCUT2D eigenvalue weighted by molar-refractivity contribution is 5.51. The summed E-state index contributed by atoms with van der Waals surface area (Å²) in [4.78, 5) is 9.23. The molecule has 144 valence electrons. The van der Waals surface area contributed by atoms with Crippen LogP contribution in [0.3, 0.4) is 0 Å². The zero-order chi connectivity index (χ0) is 18.5. The first kappa shape index (κ1) is 18.1. The van der Waals surface area contributed by atoms with Gasteiger partial charge < -0.3 is 14.2 Å². The maximum absolute atomic E-state index is 5.75. The molecule has 1 aromatic heterocycles. The molecule has 27 heavy (non-hydrogen) atoms. The highest BCUT2D eigenvalue weighted by Gasteiger charge is 2.20. The first-order valence-corrected chi connectivity index (χ1v) is 9.62. The molecule has 0 spiro atoms. The number of fused-ring (bicyclic) bond motifs is 1. The first-order valence-electron chi connectivity index (χ1n) is 9.62. The van der Waals surface area contributed by atoms with Gasteiger partial charge in [-0.1, -0.05) is 6.07 Å². The molecule has 0 atom stereocenters. The van der Waals surface area contributed by atoms with Crippen LogP contribution in [0.1, 0.15) is 17.5 Å². The van der Waals surface area contributed by atoms with E-state index in [1.807, 2.05) is 24.5 Å². The van der Waals surface area contributed by atoms with Gasteiger partial charge >= 0.3 is 0 Å². The van der Waals surface area contributed by atoms with E-state index < -0.39 is 0 Å². The molecule has 0 aliphatic carbocycles. The molecule has 1 aromatic carbocycles. The van der Waals surface area contributed by atoms with Gasteiger partial charge in [0.05, 0.1) is 7.11 Å². The van der Waals surface area contributed by atoms with E-state index in [4.69, 9.17) is 14.2 Å². The lowest BCUT2D eigenvalue weighted by Gasteiger charge is -2.24. The van der Waals surface area contributed by atoms with Crippen LogP contribution in [-0.2, 0) is 13.1 Å². The molecule has 6 heteroatoms. The van der Waals surface area contributed by atoms with E-state index in [1.54, 1.807) is 7.11 Å². The van der Waals surface area contributed by atoms with Gasteiger partial charge in [-0.2, -0.15) is 0 Å². The van der Waals surface area contributed by atoms with E-state index in [2.05, 4.69) is 26.9 Å². The van der Waals surface area contributed by atoms with Crippen molar-refractivity contribution in [3.63, 3.8) is 0 Å². The number of benzene rings is 1. The van der Waals surface area contributed by atoms with Crippen molar-refractivity contribution in [3.05, 3.63) is 47.8 Å². The normalized spacial score (nSPS) is 18.1. The van der Waals surface area contributed by atoms with Crippen LogP contribution in [0.4, 0.5) is 0 Å². The SMILES string of the molecule is COc1cc2c(cc1CN1CCCN(Cc3cccnc3)CC1)OCCO2. The summed E-state index contributed by atoms with van der Waals surface area (Å²) in [7, 11) is 1.72. The summed E-state index contributed by atoms with van der Waals surface area (Å²) in [6.07, 6.45) is 4.95. The highest BCUT2D eigenvalue weighted by atomic mass is 16.6. The molecule has 0 unspecified atom stereocenters. The third-order valence-electron chi connectivity index (χ3n) is 5.15. The Labute approximate surface area is 160 Å². The molecule has 3 heterocycles. The molecule has 4 rings (SSSR count). The fraction of sp³-hybridized carbons (Fsp3) is 0.476. The van der Waals surface area contributed by atoms with Crippen LogP contribution < -0.4 is 14.2 Å². The molecule has 0 amide bonds. The molecular weight excluding hydrogens is 342 g/mol. The zero-order valence-electron chi connectivity index (χ0n) is 15.9. The molecule has 0 N–H and O–H groups in total. The van der Waals surface area contributed by atoms with Gasteiger partial charge in [0.25, 0.3) is 0 Å². The third-order valence-corrected chi connectivity index (χ3v) is 5.15. The minimum absolute atomic E-state index is 0.592. The van der Waals surface area contributed by atoms with Crippen molar-refractivity contribution >= 4 is 0 Å². The smallest absolute Gasteiger partial charge is 0.165 e. The van der Waals surface area contributed by atoms with Crippen molar-refractivity contribution in [2.75, 3.05) is 46.5 Å². The van der Waals surface area contributed by atoms with Crippen molar-refractivity contribution < 1.29 is 14.2 Å². The Balaban J connectivity index is 1.40. The lowest BCUT2D eigenvalue weighted by Crippen LogP contribution is -2.30. The molecule has 0 radical (unpaired) electrons. The predicted molar refractivity (Wildman–Crippen MR) is 103 cm³/mol. The second-order valence-corrected chi connectivity index (χ2v) is 7.07. The lowest BCUT2D eigenvalue weighted by molar-refractivity contribution is 0.170. The molecule has 6 nitrogen and oxygen atoms in total. The molecule has 2 aromatic rings. The Hall–Kier alpha value is -2.31. The number of aromatic nitrogens is 1. The van der Waals surface area contributed by atoms with Crippen LogP contribution in [0.15, 0.2) is 36.7 Å². The number of pyridine rings is 1. The predicted octanol–water partition coefficient (Wildman–Crippen LogP) is 2.57. The second kappa shape index (κ2) is 8.59. The average molecular weight is 369 g/mol. The van der Waals surface area contributed by atoms with E-state index in [-0.39, 0.29) is 0 Å². The number of ether oxygens (including phenoxy) is 3. The second-order valence-electron chi connectivity index (χ2n) is 7.07. The van der Waals surface area contributed by atoms with Crippen molar-refractivity contribution in [1.29, 1.82) is 0 Å². The molecule has 1 saturated heterocycles. The monoisotopic (exact) mass is 369 g/mol. The molecule has 1 fully saturated rings. The Morgan fingerprint density at radius 1 is 1.00 bits per heavy atom. The topological polar surface area (TPSA) is 47.1 Å². The quantitative estimate of drug-likeness (QED) is 0.807. The Kier molecular flexibility index (Phi) is 5.75. The third kappa shape index (κ3) is 4.51. The van der Waals surface area contributed by atoms with E-state index in [0.717, 1.165) is 68.5 Å². The van der Waals surface area contributed by atoms with Crippen LogP contribution in [0, 0.1) is 0 Å². The molecular formula is C21H27N3O3. The minimum Gasteiger partial charge on any atom is -0.496 e. The summed E-state index contributed by atoms with van der Waals surface area (Å²) >= 11 is 0. The largest absolute Gasteiger partial charge is 0.496 e. The molecule has 0 bridgehead atoms. The lowest BCUT2D eigenvalue weighted by atomic mass is 10.1. The van der Waals surface area contributed by atoms with E-state index in [9.17, 15) is 0 Å². The number of hydrogen-bond acceptors (Lipinski definition) is 6. The van der Waals surface area contributed by atoms with Gasteiger partial charge in [0, 0.05) is 50.2 Å². The van der Waals surface area contributed by atoms with Crippen LogP contribution in [-0.4, -0.2) is 61.3 Å². The van der Waals surface area contributed by atoms with Gasteiger partial charge in [-0.25, -0.2) is 0 Å². The van der Waals surface area contributed by atoms with Crippen molar-refractivity contribution in [1.82, 2.24) is 14.8 Å².